The highest BCUT2D eigenvalue weighted by atomic mass is 32.2. The number of nitrogens with two attached hydrogens (primary N) is 1. The van der Waals surface area contributed by atoms with Crippen molar-refractivity contribution in [3.8, 4) is 0 Å². The van der Waals surface area contributed by atoms with Crippen LogP contribution in [0.2, 0.25) is 0 Å². The van der Waals surface area contributed by atoms with Gasteiger partial charge < -0.3 is 16.2 Å². The second-order valence-electron chi connectivity index (χ2n) is 4.40. The van der Waals surface area contributed by atoms with Gasteiger partial charge in [0.1, 0.15) is 6.04 Å². The van der Waals surface area contributed by atoms with Gasteiger partial charge >= 0.3 is 5.97 Å². The van der Waals surface area contributed by atoms with E-state index in [0.717, 1.165) is 23.5 Å². The van der Waals surface area contributed by atoms with Crippen LogP contribution in [0.5, 0.6) is 0 Å². The Morgan fingerprint density at radius 2 is 2.20 bits per heavy atom. The summed E-state index contributed by atoms with van der Waals surface area (Å²) in [5.41, 5.74) is 6.11. The van der Waals surface area contributed by atoms with Gasteiger partial charge in [0.15, 0.2) is 0 Å². The minimum atomic E-state index is -1.28. The molecule has 8 heteroatoms. The van der Waals surface area contributed by atoms with Crippen LogP contribution in [0.4, 0.5) is 0 Å². The van der Waals surface area contributed by atoms with Crippen molar-refractivity contribution in [2.45, 2.75) is 24.6 Å². The van der Waals surface area contributed by atoms with Crippen LogP contribution in [-0.4, -0.2) is 34.7 Å². The van der Waals surface area contributed by atoms with Crippen LogP contribution in [-0.2, 0) is 21.8 Å². The Balaban J connectivity index is 2.08. The largest absolute Gasteiger partial charge is 0.480 e. The topological polar surface area (TPSA) is 109 Å². The number of hydrogen-bond donors (Lipinski definition) is 3. The fourth-order valence-corrected chi connectivity index (χ4v) is 4.17. The van der Waals surface area contributed by atoms with Crippen molar-refractivity contribution in [1.29, 1.82) is 0 Å². The number of nitrogens with one attached hydrogen (secondary N) is 1. The van der Waals surface area contributed by atoms with Crippen LogP contribution in [0.3, 0.4) is 0 Å². The highest BCUT2D eigenvalue weighted by Crippen LogP contribution is 2.31. The first-order valence-electron chi connectivity index (χ1n) is 5.98. The molecule has 1 atom stereocenters. The summed E-state index contributed by atoms with van der Waals surface area (Å²) >= 11 is 3.19. The summed E-state index contributed by atoms with van der Waals surface area (Å²) in [5.74, 6) is -0.590. The zero-order valence-corrected chi connectivity index (χ0v) is 12.2. The van der Waals surface area contributed by atoms with E-state index in [9.17, 15) is 14.4 Å². The summed E-state index contributed by atoms with van der Waals surface area (Å²) in [7, 11) is 0. The smallest absolute Gasteiger partial charge is 0.326 e. The highest BCUT2D eigenvalue weighted by Gasteiger charge is 2.24. The zero-order chi connectivity index (χ0) is 14.7. The predicted molar refractivity (Wildman–Crippen MR) is 76.9 cm³/mol. The number of carbonyl (C=O) groups excluding carboxylic acids is 2. The first-order valence-corrected chi connectivity index (χ1v) is 7.96. The lowest BCUT2D eigenvalue weighted by molar-refractivity contribution is -0.140. The molecule has 0 saturated carbocycles. The Hall–Kier alpha value is -1.54. The maximum absolute atomic E-state index is 12.0. The number of carbonyl (C=O) groups is 3. The Bertz CT molecular complexity index is 532. The molecule has 0 aliphatic carbocycles. The van der Waals surface area contributed by atoms with E-state index < -0.39 is 30.2 Å². The van der Waals surface area contributed by atoms with E-state index >= 15 is 0 Å². The summed E-state index contributed by atoms with van der Waals surface area (Å²) in [6.07, 6.45) is 0.517. The average Bonchev–Trinajstić information content (AvgIpc) is 2.81. The average molecular weight is 314 g/mol. The summed E-state index contributed by atoms with van der Waals surface area (Å²) in [4.78, 5) is 35.5. The number of rotatable bonds is 5. The molecule has 1 aliphatic rings. The Labute approximate surface area is 123 Å². The van der Waals surface area contributed by atoms with Gasteiger partial charge in [0, 0.05) is 10.6 Å². The third kappa shape index (κ3) is 3.51. The molecule has 1 aromatic heterocycles. The molecule has 0 aromatic carbocycles. The molecular formula is C12H14N2O4S2. The fourth-order valence-electron chi connectivity index (χ4n) is 1.89. The maximum atomic E-state index is 12.0. The number of hydrogen-bond acceptors (Lipinski definition) is 5. The lowest BCUT2D eigenvalue weighted by Crippen LogP contribution is -2.43. The Morgan fingerprint density at radius 1 is 1.45 bits per heavy atom. The van der Waals surface area contributed by atoms with Crippen LogP contribution in [0.15, 0.2) is 6.07 Å². The van der Waals surface area contributed by atoms with E-state index in [2.05, 4.69) is 5.32 Å². The highest BCUT2D eigenvalue weighted by molar-refractivity contribution is 7.98. The Kier molecular flexibility index (Phi) is 4.66. The third-order valence-corrected chi connectivity index (χ3v) is 5.10. The van der Waals surface area contributed by atoms with Gasteiger partial charge in [-0.25, -0.2) is 4.79 Å². The van der Waals surface area contributed by atoms with Crippen molar-refractivity contribution >= 4 is 40.9 Å². The van der Waals surface area contributed by atoms with Crippen molar-refractivity contribution in [3.05, 3.63) is 21.4 Å². The number of thiophene rings is 1. The van der Waals surface area contributed by atoms with Crippen LogP contribution in [0.25, 0.3) is 0 Å². The first kappa shape index (κ1) is 14.9. The quantitative estimate of drug-likeness (QED) is 0.737. The number of thioether (sulfide) groups is 1. The van der Waals surface area contributed by atoms with Crippen molar-refractivity contribution in [2.75, 3.05) is 5.75 Å². The molecule has 0 unspecified atom stereocenters. The summed E-state index contributed by atoms with van der Waals surface area (Å²) < 4.78 is 0. The fraction of sp³-hybridized carbons (Fsp3) is 0.417. The summed E-state index contributed by atoms with van der Waals surface area (Å²) in [5, 5.41) is 11.3. The van der Waals surface area contributed by atoms with E-state index in [0.29, 0.717) is 4.88 Å². The van der Waals surface area contributed by atoms with Crippen molar-refractivity contribution in [3.63, 3.8) is 0 Å². The molecular weight excluding hydrogens is 300 g/mol. The lowest BCUT2D eigenvalue weighted by Gasteiger charge is -2.11. The zero-order valence-electron chi connectivity index (χ0n) is 10.5. The first-order chi connectivity index (χ1) is 9.47. The molecule has 1 aliphatic heterocycles. The number of amides is 2. The molecule has 4 N–H and O–H groups in total. The normalized spacial score (nSPS) is 15.2. The van der Waals surface area contributed by atoms with Crippen LogP contribution in [0.1, 0.15) is 26.5 Å². The molecule has 2 rings (SSSR count). The van der Waals surface area contributed by atoms with E-state index in [4.69, 9.17) is 10.8 Å². The minimum absolute atomic E-state index is 0.415. The van der Waals surface area contributed by atoms with Gasteiger partial charge in [-0.2, -0.15) is 11.8 Å². The number of aryl methyl sites for hydroxylation is 1. The van der Waals surface area contributed by atoms with E-state index in [1.165, 1.54) is 16.2 Å². The number of carboxylic acid groups (broad SMARTS) is 1. The van der Waals surface area contributed by atoms with Gasteiger partial charge in [-0.05, 0) is 23.8 Å². The van der Waals surface area contributed by atoms with E-state index in [1.807, 2.05) is 11.8 Å². The minimum Gasteiger partial charge on any atom is -0.480 e. The number of fused-ring (bicyclic) bond motifs is 1. The predicted octanol–water partition coefficient (Wildman–Crippen LogP) is 0.596. The molecule has 0 radical (unpaired) electrons. The molecule has 108 valence electrons. The molecule has 2 heterocycles. The van der Waals surface area contributed by atoms with Gasteiger partial charge in [-0.1, -0.05) is 0 Å². The molecule has 0 saturated heterocycles. The SMILES string of the molecule is NC(=O)C[C@@H](NC(=O)c1cc2c(s1)CCSC2)C(=O)O. The molecule has 0 fully saturated rings. The second-order valence-corrected chi connectivity index (χ2v) is 6.64. The monoisotopic (exact) mass is 314 g/mol. The number of carboxylic acids is 1. The number of aliphatic carboxylic acids is 1. The maximum Gasteiger partial charge on any atom is 0.326 e. The molecule has 20 heavy (non-hydrogen) atoms. The van der Waals surface area contributed by atoms with Crippen molar-refractivity contribution in [2.24, 2.45) is 5.73 Å². The van der Waals surface area contributed by atoms with Crippen molar-refractivity contribution in [1.82, 2.24) is 5.32 Å². The third-order valence-electron chi connectivity index (χ3n) is 2.86. The standard InChI is InChI=1S/C12H14N2O4S2/c13-10(15)4-7(12(17)18)14-11(16)9-3-6-5-19-2-1-8(6)20-9/h3,7H,1-2,4-5H2,(H2,13,15)(H,14,16)(H,17,18)/t7-/m1/s1. The van der Waals surface area contributed by atoms with Crippen LogP contribution < -0.4 is 11.1 Å². The summed E-state index contributed by atoms with van der Waals surface area (Å²) in [6.45, 7) is 0. The van der Waals surface area contributed by atoms with Gasteiger partial charge in [-0.3, -0.25) is 9.59 Å². The second kappa shape index (κ2) is 6.27. The van der Waals surface area contributed by atoms with Gasteiger partial charge in [-0.15, -0.1) is 11.3 Å². The van der Waals surface area contributed by atoms with Crippen molar-refractivity contribution < 1.29 is 19.5 Å². The van der Waals surface area contributed by atoms with Crippen LogP contribution >= 0.6 is 23.1 Å². The van der Waals surface area contributed by atoms with Gasteiger partial charge in [0.2, 0.25) is 5.91 Å². The van der Waals surface area contributed by atoms with E-state index in [1.54, 1.807) is 6.07 Å². The Morgan fingerprint density at radius 3 is 2.80 bits per heavy atom. The molecule has 2 amide bonds. The summed E-state index contributed by atoms with van der Waals surface area (Å²) in [6, 6.07) is 0.513. The molecule has 0 spiro atoms. The molecule has 6 nitrogen and oxygen atoms in total. The molecule has 1 aromatic rings. The van der Waals surface area contributed by atoms with E-state index in [-0.39, 0.29) is 0 Å². The van der Waals surface area contributed by atoms with Gasteiger partial charge in [0.05, 0.1) is 11.3 Å². The van der Waals surface area contributed by atoms with Crippen LogP contribution in [0, 0.1) is 0 Å². The number of primary amides is 1. The van der Waals surface area contributed by atoms with Gasteiger partial charge in [0.25, 0.3) is 5.91 Å². The lowest BCUT2D eigenvalue weighted by atomic mass is 10.2. The molecule has 0 bridgehead atoms.